The van der Waals surface area contributed by atoms with Crippen LogP contribution in [-0.2, 0) is 12.8 Å². The van der Waals surface area contributed by atoms with Crippen LogP contribution in [0.15, 0.2) is 36.5 Å². The van der Waals surface area contributed by atoms with Gasteiger partial charge in [0.25, 0.3) is 0 Å². The van der Waals surface area contributed by atoms with E-state index in [1.165, 1.54) is 11.1 Å². The molecular weight excluding hydrogens is 250 g/mol. The summed E-state index contributed by atoms with van der Waals surface area (Å²) in [6, 6.07) is 10.2. The fourth-order valence-electron chi connectivity index (χ4n) is 2.52. The van der Waals surface area contributed by atoms with Gasteiger partial charge >= 0.3 is 0 Å². The zero-order chi connectivity index (χ0) is 13.9. The summed E-state index contributed by atoms with van der Waals surface area (Å²) in [5.41, 5.74) is 8.77. The molecule has 102 valence electrons. The first-order valence-electron chi connectivity index (χ1n) is 6.73. The van der Waals surface area contributed by atoms with Gasteiger partial charge in [0.2, 0.25) is 5.95 Å². The van der Waals surface area contributed by atoms with E-state index in [0.29, 0.717) is 11.6 Å². The van der Waals surface area contributed by atoms with Gasteiger partial charge in [-0.05, 0) is 30.0 Å². The van der Waals surface area contributed by atoms with Gasteiger partial charge in [-0.3, -0.25) is 5.41 Å². The van der Waals surface area contributed by atoms with Crippen LogP contribution in [0, 0.1) is 5.41 Å². The highest BCUT2D eigenvalue weighted by atomic mass is 15.2. The van der Waals surface area contributed by atoms with Crippen molar-refractivity contribution in [2.75, 3.05) is 18.0 Å². The van der Waals surface area contributed by atoms with Crippen LogP contribution in [0.5, 0.6) is 0 Å². The maximum Gasteiger partial charge on any atom is 0.225 e. The Bertz CT molecular complexity index is 611. The molecule has 0 atom stereocenters. The van der Waals surface area contributed by atoms with E-state index in [4.69, 9.17) is 11.1 Å². The van der Waals surface area contributed by atoms with Gasteiger partial charge in [-0.1, -0.05) is 24.3 Å². The predicted octanol–water partition coefficient (Wildman–Crippen LogP) is 1.37. The fraction of sp³-hybridized carbons (Fsp3) is 0.267. The summed E-state index contributed by atoms with van der Waals surface area (Å²) in [5.74, 6) is 0.636. The average molecular weight is 267 g/mol. The van der Waals surface area contributed by atoms with Crippen molar-refractivity contribution in [1.29, 1.82) is 5.41 Å². The maximum atomic E-state index is 7.46. The molecule has 2 heterocycles. The van der Waals surface area contributed by atoms with Crippen molar-refractivity contribution in [2.24, 2.45) is 5.73 Å². The zero-order valence-electron chi connectivity index (χ0n) is 11.2. The second-order valence-corrected chi connectivity index (χ2v) is 4.91. The first kappa shape index (κ1) is 12.6. The minimum atomic E-state index is -0.0215. The normalized spacial score (nSPS) is 14.5. The highest BCUT2D eigenvalue weighted by molar-refractivity contribution is 5.93. The number of amidine groups is 1. The molecule has 1 aromatic carbocycles. The van der Waals surface area contributed by atoms with Crippen LogP contribution in [0.25, 0.3) is 0 Å². The van der Waals surface area contributed by atoms with Crippen LogP contribution in [0.4, 0.5) is 5.95 Å². The SMILES string of the molecule is N=C(N)c1ccnc(N2CCc3ccccc3CC2)n1. The second-order valence-electron chi connectivity index (χ2n) is 4.91. The van der Waals surface area contributed by atoms with Crippen molar-refractivity contribution in [3.8, 4) is 0 Å². The van der Waals surface area contributed by atoms with Crippen molar-refractivity contribution in [2.45, 2.75) is 12.8 Å². The number of hydrogen-bond donors (Lipinski definition) is 2. The molecule has 0 fully saturated rings. The molecule has 0 radical (unpaired) electrons. The van der Waals surface area contributed by atoms with E-state index in [0.717, 1.165) is 25.9 Å². The molecule has 0 bridgehead atoms. The van der Waals surface area contributed by atoms with Gasteiger partial charge < -0.3 is 10.6 Å². The maximum absolute atomic E-state index is 7.46. The number of nitrogens with zero attached hydrogens (tertiary/aromatic N) is 3. The van der Waals surface area contributed by atoms with E-state index in [1.807, 2.05) is 0 Å². The third-order valence-corrected chi connectivity index (χ3v) is 3.62. The van der Waals surface area contributed by atoms with Crippen molar-refractivity contribution >= 4 is 11.8 Å². The number of hydrogen-bond acceptors (Lipinski definition) is 4. The Morgan fingerprint density at radius 1 is 1.10 bits per heavy atom. The van der Waals surface area contributed by atoms with Crippen LogP contribution in [0.3, 0.4) is 0 Å². The molecule has 3 rings (SSSR count). The van der Waals surface area contributed by atoms with Gasteiger partial charge in [-0.15, -0.1) is 0 Å². The summed E-state index contributed by atoms with van der Waals surface area (Å²) in [4.78, 5) is 10.8. The molecule has 0 saturated carbocycles. The van der Waals surface area contributed by atoms with E-state index >= 15 is 0 Å². The van der Waals surface area contributed by atoms with Crippen LogP contribution < -0.4 is 10.6 Å². The summed E-state index contributed by atoms with van der Waals surface area (Å²) in [6.07, 6.45) is 3.64. The highest BCUT2D eigenvalue weighted by Crippen LogP contribution is 2.18. The molecular formula is C15H17N5. The molecule has 5 heteroatoms. The summed E-state index contributed by atoms with van der Waals surface area (Å²) in [7, 11) is 0. The molecule has 1 aromatic heterocycles. The summed E-state index contributed by atoms with van der Waals surface area (Å²) >= 11 is 0. The molecule has 1 aliphatic heterocycles. The lowest BCUT2D eigenvalue weighted by Gasteiger charge is -2.20. The standard InChI is InChI=1S/C15H17N5/c16-14(17)13-5-8-18-15(19-13)20-9-6-11-3-1-2-4-12(11)7-10-20/h1-5,8H,6-7,9-10H2,(H3,16,17). The van der Waals surface area contributed by atoms with Crippen molar-refractivity contribution < 1.29 is 0 Å². The van der Waals surface area contributed by atoms with Crippen LogP contribution >= 0.6 is 0 Å². The molecule has 0 spiro atoms. The minimum absolute atomic E-state index is 0.0215. The van der Waals surface area contributed by atoms with E-state index in [2.05, 4.69) is 39.1 Å². The van der Waals surface area contributed by atoms with Gasteiger partial charge in [0, 0.05) is 19.3 Å². The lowest BCUT2D eigenvalue weighted by atomic mass is 10.0. The minimum Gasteiger partial charge on any atom is -0.382 e. The van der Waals surface area contributed by atoms with Gasteiger partial charge in [-0.2, -0.15) is 0 Å². The van der Waals surface area contributed by atoms with E-state index < -0.39 is 0 Å². The molecule has 2 aromatic rings. The Kier molecular flexibility index (Phi) is 3.33. The third kappa shape index (κ3) is 2.47. The lowest BCUT2D eigenvalue weighted by Crippen LogP contribution is -2.28. The number of anilines is 1. The van der Waals surface area contributed by atoms with Crippen molar-refractivity contribution in [3.63, 3.8) is 0 Å². The number of rotatable bonds is 2. The van der Waals surface area contributed by atoms with E-state index in [1.54, 1.807) is 12.3 Å². The highest BCUT2D eigenvalue weighted by Gasteiger charge is 2.16. The quantitative estimate of drug-likeness (QED) is 0.636. The number of aromatic nitrogens is 2. The lowest BCUT2D eigenvalue weighted by molar-refractivity contribution is 0.771. The molecule has 0 saturated heterocycles. The number of nitrogens with one attached hydrogen (secondary N) is 1. The Balaban J connectivity index is 1.83. The second kappa shape index (κ2) is 5.28. The van der Waals surface area contributed by atoms with E-state index in [-0.39, 0.29) is 5.84 Å². The first-order chi connectivity index (χ1) is 9.74. The van der Waals surface area contributed by atoms with Crippen molar-refractivity contribution in [1.82, 2.24) is 9.97 Å². The van der Waals surface area contributed by atoms with E-state index in [9.17, 15) is 0 Å². The number of benzene rings is 1. The Labute approximate surface area is 118 Å². The fourth-order valence-corrected chi connectivity index (χ4v) is 2.52. The molecule has 0 amide bonds. The molecule has 0 unspecified atom stereocenters. The molecule has 3 N–H and O–H groups in total. The largest absolute Gasteiger partial charge is 0.382 e. The van der Waals surface area contributed by atoms with Gasteiger partial charge in [-0.25, -0.2) is 9.97 Å². The van der Waals surface area contributed by atoms with Crippen LogP contribution in [0.1, 0.15) is 16.8 Å². The number of nitrogen functional groups attached to an aromatic ring is 1. The molecule has 1 aliphatic rings. The molecule has 0 aliphatic carbocycles. The summed E-state index contributed by atoms with van der Waals surface area (Å²) in [5, 5.41) is 7.46. The predicted molar refractivity (Wildman–Crippen MR) is 79.1 cm³/mol. The summed E-state index contributed by atoms with van der Waals surface area (Å²) < 4.78 is 0. The van der Waals surface area contributed by atoms with Gasteiger partial charge in [0.05, 0.1) is 0 Å². The number of nitrogens with two attached hydrogens (primary N) is 1. The number of fused-ring (bicyclic) bond motifs is 1. The first-order valence-corrected chi connectivity index (χ1v) is 6.73. The molecule has 5 nitrogen and oxygen atoms in total. The smallest absolute Gasteiger partial charge is 0.225 e. The average Bonchev–Trinajstić information content (AvgIpc) is 2.70. The van der Waals surface area contributed by atoms with Crippen LogP contribution in [-0.4, -0.2) is 28.9 Å². The van der Waals surface area contributed by atoms with Gasteiger partial charge in [0.15, 0.2) is 0 Å². The van der Waals surface area contributed by atoms with Crippen LogP contribution in [0.2, 0.25) is 0 Å². The topological polar surface area (TPSA) is 78.9 Å². The monoisotopic (exact) mass is 267 g/mol. The molecule has 20 heavy (non-hydrogen) atoms. The Hall–Kier alpha value is -2.43. The van der Waals surface area contributed by atoms with Gasteiger partial charge in [0.1, 0.15) is 11.5 Å². The van der Waals surface area contributed by atoms with Crippen molar-refractivity contribution in [3.05, 3.63) is 53.3 Å². The third-order valence-electron chi connectivity index (χ3n) is 3.62. The Morgan fingerprint density at radius 2 is 1.75 bits per heavy atom. The zero-order valence-corrected chi connectivity index (χ0v) is 11.2. The Morgan fingerprint density at radius 3 is 2.35 bits per heavy atom. The summed E-state index contributed by atoms with van der Waals surface area (Å²) in [6.45, 7) is 1.77.